The Bertz CT molecular complexity index is 662. The van der Waals surface area contributed by atoms with E-state index in [0.29, 0.717) is 29.6 Å². The quantitative estimate of drug-likeness (QED) is 0.612. The number of hydrogen-bond donors (Lipinski definition) is 1. The lowest BCUT2D eigenvalue weighted by atomic mass is 10.2. The van der Waals surface area contributed by atoms with Gasteiger partial charge in [0.15, 0.2) is 0 Å². The van der Waals surface area contributed by atoms with Crippen LogP contribution in [-0.4, -0.2) is 44.6 Å². The van der Waals surface area contributed by atoms with Crippen LogP contribution in [0.5, 0.6) is 0 Å². The van der Waals surface area contributed by atoms with Crippen molar-refractivity contribution in [1.29, 1.82) is 0 Å². The molecule has 0 saturated carbocycles. The summed E-state index contributed by atoms with van der Waals surface area (Å²) in [5.41, 5.74) is 0.637. The molecule has 0 radical (unpaired) electrons. The first-order valence-electron chi connectivity index (χ1n) is 7.26. The third kappa shape index (κ3) is 4.90. The first kappa shape index (κ1) is 18.6. The van der Waals surface area contributed by atoms with Crippen LogP contribution in [0.3, 0.4) is 0 Å². The van der Waals surface area contributed by atoms with Crippen molar-refractivity contribution < 1.29 is 23.8 Å². The number of benzene rings is 1. The predicted octanol–water partition coefficient (Wildman–Crippen LogP) is 3.08. The molecule has 8 heteroatoms. The number of thioether (sulfide) groups is 1. The number of amides is 1. The van der Waals surface area contributed by atoms with Crippen LogP contribution >= 0.6 is 23.4 Å². The minimum Gasteiger partial charge on any atom is -0.496 e. The zero-order valence-corrected chi connectivity index (χ0v) is 15.0. The Morgan fingerprint density at radius 1 is 1.38 bits per heavy atom. The molecular weight excluding hydrogens is 354 g/mol. The Morgan fingerprint density at radius 2 is 2.17 bits per heavy atom. The number of anilines is 1. The molecule has 0 fully saturated rings. The summed E-state index contributed by atoms with van der Waals surface area (Å²) in [6.07, 6.45) is 0. The van der Waals surface area contributed by atoms with Crippen molar-refractivity contribution in [1.82, 2.24) is 0 Å². The summed E-state index contributed by atoms with van der Waals surface area (Å²) >= 11 is 7.47. The highest BCUT2D eigenvalue weighted by Crippen LogP contribution is 2.27. The second-order valence-electron chi connectivity index (χ2n) is 4.86. The SMILES string of the molecule is COCCOC(=O)c1cc(NC(=O)C2=C(C)OCCS2)ccc1Cl. The second-order valence-corrected chi connectivity index (χ2v) is 6.37. The summed E-state index contributed by atoms with van der Waals surface area (Å²) in [4.78, 5) is 24.9. The topological polar surface area (TPSA) is 73.9 Å². The maximum absolute atomic E-state index is 12.3. The van der Waals surface area contributed by atoms with Crippen molar-refractivity contribution in [3.05, 3.63) is 39.4 Å². The Morgan fingerprint density at radius 3 is 2.88 bits per heavy atom. The van der Waals surface area contributed by atoms with Crippen LogP contribution in [0.1, 0.15) is 17.3 Å². The molecule has 1 aliphatic heterocycles. The van der Waals surface area contributed by atoms with E-state index >= 15 is 0 Å². The third-order valence-corrected chi connectivity index (χ3v) is 4.60. The highest BCUT2D eigenvalue weighted by molar-refractivity contribution is 8.04. The Kier molecular flexibility index (Phi) is 6.96. The molecule has 1 heterocycles. The standard InChI is InChI=1S/C16H18ClNO5S/c1-10-14(24-8-7-22-10)15(19)18-11-3-4-13(17)12(9-11)16(20)23-6-5-21-2/h3-4,9H,5-8H2,1-2H3,(H,18,19). The van der Waals surface area contributed by atoms with Crippen LogP contribution in [-0.2, 0) is 19.0 Å². The molecule has 0 saturated heterocycles. The summed E-state index contributed by atoms with van der Waals surface area (Å²) in [6, 6.07) is 4.64. The molecule has 1 amide bonds. The highest BCUT2D eigenvalue weighted by Gasteiger charge is 2.20. The molecule has 24 heavy (non-hydrogen) atoms. The Labute approximate surface area is 149 Å². The van der Waals surface area contributed by atoms with Crippen LogP contribution in [0.2, 0.25) is 5.02 Å². The van der Waals surface area contributed by atoms with E-state index in [1.807, 2.05) is 0 Å². The van der Waals surface area contributed by atoms with Crippen molar-refractivity contribution in [3.63, 3.8) is 0 Å². The number of hydrogen-bond acceptors (Lipinski definition) is 6. The van der Waals surface area contributed by atoms with Crippen molar-refractivity contribution in [3.8, 4) is 0 Å². The minimum absolute atomic E-state index is 0.127. The Balaban J connectivity index is 2.10. The van der Waals surface area contributed by atoms with E-state index in [2.05, 4.69) is 5.32 Å². The van der Waals surface area contributed by atoms with Crippen molar-refractivity contribution >= 4 is 40.9 Å². The van der Waals surface area contributed by atoms with E-state index in [1.54, 1.807) is 13.0 Å². The first-order chi connectivity index (χ1) is 11.5. The highest BCUT2D eigenvalue weighted by atomic mass is 35.5. The molecule has 0 atom stereocenters. The van der Waals surface area contributed by atoms with Gasteiger partial charge in [0, 0.05) is 18.6 Å². The van der Waals surface area contributed by atoms with Crippen LogP contribution < -0.4 is 5.32 Å². The van der Waals surface area contributed by atoms with Crippen LogP contribution in [0.4, 0.5) is 5.69 Å². The molecule has 130 valence electrons. The van der Waals surface area contributed by atoms with Crippen LogP contribution in [0.15, 0.2) is 28.9 Å². The number of carbonyl (C=O) groups excluding carboxylic acids is 2. The van der Waals surface area contributed by atoms with Gasteiger partial charge in [0.25, 0.3) is 5.91 Å². The molecule has 0 bridgehead atoms. The lowest BCUT2D eigenvalue weighted by Crippen LogP contribution is -2.19. The van der Waals surface area contributed by atoms with Gasteiger partial charge in [0.05, 0.1) is 23.8 Å². The summed E-state index contributed by atoms with van der Waals surface area (Å²) in [7, 11) is 1.51. The Hall–Kier alpha value is -1.70. The molecule has 1 aliphatic rings. The van der Waals surface area contributed by atoms with Gasteiger partial charge < -0.3 is 19.5 Å². The average Bonchev–Trinajstić information content (AvgIpc) is 2.57. The molecule has 0 unspecified atom stereocenters. The fraction of sp³-hybridized carbons (Fsp3) is 0.375. The van der Waals surface area contributed by atoms with Crippen LogP contribution in [0, 0.1) is 0 Å². The molecule has 2 rings (SSSR count). The molecule has 1 aromatic rings. The lowest BCUT2D eigenvalue weighted by molar-refractivity contribution is -0.112. The van der Waals surface area contributed by atoms with Gasteiger partial charge in [-0.2, -0.15) is 0 Å². The van der Waals surface area contributed by atoms with Gasteiger partial charge in [0.1, 0.15) is 17.3 Å². The molecule has 0 spiro atoms. The number of halogens is 1. The van der Waals surface area contributed by atoms with E-state index in [0.717, 1.165) is 5.75 Å². The summed E-state index contributed by atoms with van der Waals surface area (Å²) < 4.78 is 15.2. The van der Waals surface area contributed by atoms with Crippen molar-refractivity contribution in [2.24, 2.45) is 0 Å². The zero-order valence-electron chi connectivity index (χ0n) is 13.4. The van der Waals surface area contributed by atoms with E-state index in [1.165, 1.54) is 31.0 Å². The van der Waals surface area contributed by atoms with Gasteiger partial charge in [-0.3, -0.25) is 4.79 Å². The van der Waals surface area contributed by atoms with Gasteiger partial charge in [-0.15, -0.1) is 11.8 Å². The fourth-order valence-electron chi connectivity index (χ4n) is 1.97. The molecule has 0 aliphatic carbocycles. The van der Waals surface area contributed by atoms with Crippen molar-refractivity contribution in [2.75, 3.05) is 38.0 Å². The lowest BCUT2D eigenvalue weighted by Gasteiger charge is -2.18. The molecule has 1 N–H and O–H groups in total. The largest absolute Gasteiger partial charge is 0.496 e. The van der Waals surface area contributed by atoms with Gasteiger partial charge in [-0.25, -0.2) is 4.79 Å². The van der Waals surface area contributed by atoms with Gasteiger partial charge in [0.2, 0.25) is 0 Å². The van der Waals surface area contributed by atoms with Gasteiger partial charge in [-0.05, 0) is 25.1 Å². The van der Waals surface area contributed by atoms with E-state index in [4.69, 9.17) is 25.8 Å². The summed E-state index contributed by atoms with van der Waals surface area (Å²) in [5.74, 6) is 0.465. The minimum atomic E-state index is -0.570. The summed E-state index contributed by atoms with van der Waals surface area (Å²) in [6.45, 7) is 2.76. The van der Waals surface area contributed by atoms with Gasteiger partial charge >= 0.3 is 5.97 Å². The monoisotopic (exact) mass is 371 g/mol. The average molecular weight is 372 g/mol. The molecular formula is C16H18ClNO5S. The van der Waals surface area contributed by atoms with Crippen molar-refractivity contribution in [2.45, 2.75) is 6.92 Å². The number of ether oxygens (including phenoxy) is 3. The molecule has 6 nitrogen and oxygen atoms in total. The zero-order chi connectivity index (χ0) is 17.5. The molecule has 0 aromatic heterocycles. The second kappa shape index (κ2) is 8.96. The maximum atomic E-state index is 12.3. The molecule has 1 aromatic carbocycles. The van der Waals surface area contributed by atoms with E-state index in [9.17, 15) is 9.59 Å². The number of allylic oxidation sites excluding steroid dienone is 1. The normalized spacial score (nSPS) is 14.1. The van der Waals surface area contributed by atoms with Gasteiger partial charge in [-0.1, -0.05) is 11.6 Å². The fourth-order valence-corrected chi connectivity index (χ4v) is 2.98. The summed E-state index contributed by atoms with van der Waals surface area (Å²) in [5, 5.41) is 2.99. The maximum Gasteiger partial charge on any atom is 0.339 e. The number of nitrogens with one attached hydrogen (secondary N) is 1. The number of esters is 1. The number of methoxy groups -OCH3 is 1. The van der Waals surface area contributed by atoms with E-state index in [-0.39, 0.29) is 23.1 Å². The first-order valence-corrected chi connectivity index (χ1v) is 8.62. The van der Waals surface area contributed by atoms with Crippen LogP contribution in [0.25, 0.3) is 0 Å². The van der Waals surface area contributed by atoms with E-state index < -0.39 is 5.97 Å². The number of carbonyl (C=O) groups is 2. The third-order valence-electron chi connectivity index (χ3n) is 3.14. The number of rotatable bonds is 6. The smallest absolute Gasteiger partial charge is 0.339 e. The predicted molar refractivity (Wildman–Crippen MR) is 93.4 cm³/mol.